The molecule has 0 aromatic carbocycles. The van der Waals surface area contributed by atoms with Crippen LogP contribution in [0.3, 0.4) is 0 Å². The van der Waals surface area contributed by atoms with Gasteiger partial charge in [0, 0.05) is 17.8 Å². The van der Waals surface area contributed by atoms with E-state index in [1.165, 1.54) is 0 Å². The molecule has 0 heterocycles. The molecule has 4 fully saturated rings. The number of carbonyl (C=O) groups is 1. The summed E-state index contributed by atoms with van der Waals surface area (Å²) >= 11 is 0. The van der Waals surface area contributed by atoms with Gasteiger partial charge in [0.25, 0.3) is 0 Å². The molecular weight excluding hydrogens is 320 g/mol. The Bertz CT molecular complexity index is 593. The van der Waals surface area contributed by atoms with Crippen LogP contribution in [-0.2, 0) is 4.79 Å². The van der Waals surface area contributed by atoms with Gasteiger partial charge in [-0.1, -0.05) is 13.8 Å². The largest absolute Gasteiger partial charge is 0.396 e. The summed E-state index contributed by atoms with van der Waals surface area (Å²) in [5, 5.41) is 41.2. The number of ketones is 1. The highest BCUT2D eigenvalue weighted by molar-refractivity contribution is 5.84. The first-order valence-corrected chi connectivity index (χ1v) is 9.82. The maximum absolute atomic E-state index is 13.2. The smallest absolute Gasteiger partial charge is 0.137 e. The van der Waals surface area contributed by atoms with Gasteiger partial charge in [-0.25, -0.2) is 0 Å². The summed E-state index contributed by atoms with van der Waals surface area (Å²) in [4.78, 5) is 13.2. The lowest BCUT2D eigenvalue weighted by Gasteiger charge is -2.65. The van der Waals surface area contributed by atoms with E-state index < -0.39 is 17.1 Å². The molecular formula is C20H32O5. The van der Waals surface area contributed by atoms with Crippen molar-refractivity contribution in [2.45, 2.75) is 70.5 Å². The van der Waals surface area contributed by atoms with Crippen molar-refractivity contribution in [2.24, 2.45) is 34.0 Å². The highest BCUT2D eigenvalue weighted by atomic mass is 16.3. The van der Waals surface area contributed by atoms with E-state index in [1.807, 2.05) is 6.92 Å². The Kier molecular flexibility index (Phi) is 3.78. The molecule has 4 rings (SSSR count). The molecule has 142 valence electrons. The van der Waals surface area contributed by atoms with Crippen LogP contribution in [-0.4, -0.2) is 51.1 Å². The lowest BCUT2D eigenvalue weighted by atomic mass is 9.39. The quantitative estimate of drug-likeness (QED) is 0.600. The summed E-state index contributed by atoms with van der Waals surface area (Å²) in [7, 11) is 0. The Morgan fingerprint density at radius 2 is 1.80 bits per heavy atom. The van der Waals surface area contributed by atoms with E-state index in [-0.39, 0.29) is 47.6 Å². The summed E-state index contributed by atoms with van der Waals surface area (Å²) in [6.45, 7) is 3.69. The van der Waals surface area contributed by atoms with Gasteiger partial charge >= 0.3 is 0 Å². The predicted octanol–water partition coefficient (Wildman–Crippen LogP) is 1.26. The van der Waals surface area contributed by atoms with E-state index in [4.69, 9.17) is 0 Å². The molecule has 1 spiro atoms. The SMILES string of the molecule is CC1(CO)C(O)CCC2(C)C1C(=O)CC1CC3CC12CCC3(O)CO. The monoisotopic (exact) mass is 352 g/mol. The molecule has 4 N–H and O–H groups in total. The first-order valence-electron chi connectivity index (χ1n) is 9.82. The van der Waals surface area contributed by atoms with Crippen LogP contribution in [0.2, 0.25) is 0 Å². The van der Waals surface area contributed by atoms with Crippen LogP contribution in [0.25, 0.3) is 0 Å². The van der Waals surface area contributed by atoms with E-state index in [0.29, 0.717) is 19.3 Å². The number of hydrogen-bond acceptors (Lipinski definition) is 5. The topological polar surface area (TPSA) is 98.0 Å². The van der Waals surface area contributed by atoms with E-state index in [2.05, 4.69) is 6.92 Å². The third kappa shape index (κ3) is 1.96. The second kappa shape index (κ2) is 5.28. The van der Waals surface area contributed by atoms with Crippen molar-refractivity contribution < 1.29 is 25.2 Å². The van der Waals surface area contributed by atoms with Gasteiger partial charge in [-0.3, -0.25) is 4.79 Å². The minimum Gasteiger partial charge on any atom is -0.396 e. The van der Waals surface area contributed by atoms with Crippen molar-refractivity contribution in [3.05, 3.63) is 0 Å². The van der Waals surface area contributed by atoms with Crippen molar-refractivity contribution in [2.75, 3.05) is 13.2 Å². The van der Waals surface area contributed by atoms with E-state index in [0.717, 1.165) is 25.7 Å². The minimum absolute atomic E-state index is 0.0196. The number of aliphatic hydroxyl groups is 4. The fourth-order valence-corrected chi connectivity index (χ4v) is 7.74. The zero-order valence-electron chi connectivity index (χ0n) is 15.4. The number of aliphatic hydroxyl groups excluding tert-OH is 3. The van der Waals surface area contributed by atoms with Crippen LogP contribution in [0.5, 0.6) is 0 Å². The zero-order chi connectivity index (χ0) is 18.3. The lowest BCUT2D eigenvalue weighted by Crippen LogP contribution is -2.65. The van der Waals surface area contributed by atoms with Gasteiger partial charge in [0.15, 0.2) is 0 Å². The summed E-state index contributed by atoms with van der Waals surface area (Å²) < 4.78 is 0. The molecule has 8 atom stereocenters. The van der Waals surface area contributed by atoms with Crippen LogP contribution in [0, 0.1) is 34.0 Å². The molecule has 4 aliphatic rings. The van der Waals surface area contributed by atoms with E-state index >= 15 is 0 Å². The lowest BCUT2D eigenvalue weighted by molar-refractivity contribution is -0.212. The standard InChI is InChI=1S/C20H32O5/c1-17(10-21)15(24)3-4-18(2)16(17)14(23)8-12-7-13-9-19(12,18)5-6-20(13,25)11-22/h12-13,15-16,21-22,24-25H,3-11H2,1-2H3. The van der Waals surface area contributed by atoms with Crippen molar-refractivity contribution >= 4 is 5.78 Å². The minimum atomic E-state index is -1.01. The van der Waals surface area contributed by atoms with Gasteiger partial charge in [0.1, 0.15) is 5.78 Å². The molecule has 0 amide bonds. The number of rotatable bonds is 2. The van der Waals surface area contributed by atoms with Crippen molar-refractivity contribution in [1.29, 1.82) is 0 Å². The number of Topliss-reactive ketones (excluding diaryl/α,β-unsaturated/α-hetero) is 1. The van der Waals surface area contributed by atoms with Gasteiger partial charge in [-0.2, -0.15) is 0 Å². The van der Waals surface area contributed by atoms with Crippen molar-refractivity contribution in [3.63, 3.8) is 0 Å². The Labute approximate surface area is 149 Å². The van der Waals surface area contributed by atoms with Crippen LogP contribution < -0.4 is 0 Å². The Morgan fingerprint density at radius 3 is 2.44 bits per heavy atom. The average molecular weight is 352 g/mol. The number of hydrogen-bond donors (Lipinski definition) is 4. The van der Waals surface area contributed by atoms with Gasteiger partial charge in [0.05, 0.1) is 24.9 Å². The summed E-state index contributed by atoms with van der Waals surface area (Å²) in [5.41, 5.74) is -2.07. The van der Waals surface area contributed by atoms with Gasteiger partial charge in [0.2, 0.25) is 0 Å². The first kappa shape index (κ1) is 17.9. The third-order valence-corrected chi connectivity index (χ3v) is 9.24. The Balaban J connectivity index is 1.80. The fourth-order valence-electron chi connectivity index (χ4n) is 7.74. The van der Waals surface area contributed by atoms with Crippen LogP contribution in [0.4, 0.5) is 0 Å². The number of fused-ring (bicyclic) bond motifs is 2. The molecule has 4 saturated carbocycles. The van der Waals surface area contributed by atoms with E-state index in [1.54, 1.807) is 0 Å². The van der Waals surface area contributed by atoms with Crippen LogP contribution in [0.15, 0.2) is 0 Å². The third-order valence-electron chi connectivity index (χ3n) is 9.24. The second-order valence-electron chi connectivity index (χ2n) is 9.99. The normalized spacial score (nSPS) is 57.9. The maximum atomic E-state index is 13.2. The molecule has 4 aliphatic carbocycles. The molecule has 0 saturated heterocycles. The van der Waals surface area contributed by atoms with Gasteiger partial charge in [-0.05, 0) is 61.2 Å². The predicted molar refractivity (Wildman–Crippen MR) is 91.6 cm³/mol. The summed E-state index contributed by atoms with van der Waals surface area (Å²) in [6, 6.07) is 0. The molecule has 0 aromatic rings. The molecule has 0 aliphatic heterocycles. The number of carbonyl (C=O) groups excluding carboxylic acids is 1. The zero-order valence-corrected chi connectivity index (χ0v) is 15.4. The average Bonchev–Trinajstić information content (AvgIpc) is 2.92. The summed E-state index contributed by atoms with van der Waals surface area (Å²) in [5.74, 6) is 0.148. The second-order valence-corrected chi connectivity index (χ2v) is 9.99. The molecule has 0 aromatic heterocycles. The van der Waals surface area contributed by atoms with Crippen molar-refractivity contribution in [1.82, 2.24) is 0 Å². The maximum Gasteiger partial charge on any atom is 0.137 e. The van der Waals surface area contributed by atoms with E-state index in [9.17, 15) is 25.2 Å². The molecule has 5 nitrogen and oxygen atoms in total. The van der Waals surface area contributed by atoms with Crippen LogP contribution >= 0.6 is 0 Å². The van der Waals surface area contributed by atoms with Crippen molar-refractivity contribution in [3.8, 4) is 0 Å². The molecule has 0 radical (unpaired) electrons. The first-order chi connectivity index (χ1) is 11.7. The van der Waals surface area contributed by atoms with Crippen LogP contribution in [0.1, 0.15) is 58.8 Å². The Hall–Kier alpha value is -0.490. The highest BCUT2D eigenvalue weighted by Gasteiger charge is 2.72. The molecule has 25 heavy (non-hydrogen) atoms. The Morgan fingerprint density at radius 1 is 1.08 bits per heavy atom. The molecule has 2 bridgehead atoms. The summed E-state index contributed by atoms with van der Waals surface area (Å²) in [6.07, 6.45) is 4.31. The van der Waals surface area contributed by atoms with Gasteiger partial charge in [-0.15, -0.1) is 0 Å². The highest BCUT2D eigenvalue weighted by Crippen LogP contribution is 2.74. The fraction of sp³-hybridized carbons (Fsp3) is 0.950. The molecule has 5 heteroatoms. The van der Waals surface area contributed by atoms with Gasteiger partial charge < -0.3 is 20.4 Å². The molecule has 8 unspecified atom stereocenters.